The number of pyridine rings is 1. The van der Waals surface area contributed by atoms with E-state index in [-0.39, 0.29) is 5.56 Å². The maximum Gasteiger partial charge on any atom is 0.336 e. The largest absolute Gasteiger partial charge is 0.478 e. The third-order valence-corrected chi connectivity index (χ3v) is 2.94. The predicted molar refractivity (Wildman–Crippen MR) is 61.5 cm³/mol. The van der Waals surface area contributed by atoms with Gasteiger partial charge in [-0.05, 0) is 12.8 Å². The maximum atomic E-state index is 11.1. The van der Waals surface area contributed by atoms with E-state index in [1.807, 2.05) is 0 Å². The Labute approximate surface area is 101 Å². The van der Waals surface area contributed by atoms with Crippen molar-refractivity contribution in [2.75, 3.05) is 0 Å². The molecule has 18 heavy (non-hydrogen) atoms. The molecule has 1 saturated carbocycles. The summed E-state index contributed by atoms with van der Waals surface area (Å²) in [6, 6.07) is 2.77. The molecule has 0 atom stereocenters. The molecule has 0 aliphatic heterocycles. The molecule has 0 amide bonds. The van der Waals surface area contributed by atoms with Gasteiger partial charge in [0.05, 0.1) is 16.8 Å². The molecule has 0 aromatic carbocycles. The highest BCUT2D eigenvalue weighted by Gasteiger charge is 2.28. The molecule has 6 nitrogen and oxygen atoms in total. The lowest BCUT2D eigenvalue weighted by atomic mass is 10.1. The molecule has 92 valence electrons. The predicted octanol–water partition coefficient (Wildman–Crippen LogP) is 1.61. The van der Waals surface area contributed by atoms with Gasteiger partial charge in [0.1, 0.15) is 0 Å². The quantitative estimate of drug-likeness (QED) is 0.857. The average molecular weight is 246 g/mol. The third kappa shape index (κ3) is 1.81. The van der Waals surface area contributed by atoms with E-state index in [1.165, 1.54) is 6.20 Å². The Morgan fingerprint density at radius 1 is 1.44 bits per heavy atom. The summed E-state index contributed by atoms with van der Waals surface area (Å²) in [5.41, 5.74) is 0.629. The van der Waals surface area contributed by atoms with E-state index in [0.29, 0.717) is 17.2 Å². The molecule has 1 aliphatic carbocycles. The molecule has 0 saturated heterocycles. The molecule has 2 aromatic heterocycles. The number of carboxylic acid groups (broad SMARTS) is 1. The number of carboxylic acids is 1. The van der Waals surface area contributed by atoms with Gasteiger partial charge in [-0.1, -0.05) is 5.16 Å². The van der Waals surface area contributed by atoms with E-state index in [4.69, 9.17) is 9.63 Å². The van der Waals surface area contributed by atoms with E-state index in [1.54, 1.807) is 6.07 Å². The Morgan fingerprint density at radius 3 is 2.89 bits per heavy atom. The van der Waals surface area contributed by atoms with E-state index in [0.717, 1.165) is 24.6 Å². The molecular weight excluding hydrogens is 236 g/mol. The number of carbonyl (C=O) groups is 1. The minimum absolute atomic E-state index is 0.0859. The van der Waals surface area contributed by atoms with Gasteiger partial charge in [0.2, 0.25) is 5.56 Å². The van der Waals surface area contributed by atoms with Crippen LogP contribution in [-0.2, 0) is 0 Å². The van der Waals surface area contributed by atoms with E-state index >= 15 is 0 Å². The summed E-state index contributed by atoms with van der Waals surface area (Å²) in [6.45, 7) is 0. The summed E-state index contributed by atoms with van der Waals surface area (Å²) in [7, 11) is 0. The van der Waals surface area contributed by atoms with Crippen molar-refractivity contribution in [2.45, 2.75) is 18.8 Å². The zero-order valence-electron chi connectivity index (χ0n) is 9.34. The smallest absolute Gasteiger partial charge is 0.336 e. The number of hydrogen-bond acceptors (Lipinski definition) is 4. The normalized spacial score (nSPS) is 14.7. The first kappa shape index (κ1) is 10.8. The van der Waals surface area contributed by atoms with Crippen LogP contribution in [0.3, 0.4) is 0 Å². The zero-order valence-corrected chi connectivity index (χ0v) is 9.34. The Hall–Kier alpha value is -2.37. The number of aromatic nitrogens is 2. The van der Waals surface area contributed by atoms with Gasteiger partial charge in [-0.3, -0.25) is 4.79 Å². The number of rotatable bonds is 3. The Bertz CT molecular complexity index is 667. The first-order valence-corrected chi connectivity index (χ1v) is 5.58. The van der Waals surface area contributed by atoms with Gasteiger partial charge in [-0.15, -0.1) is 0 Å². The van der Waals surface area contributed by atoms with Crippen LogP contribution in [0.4, 0.5) is 0 Å². The average Bonchev–Trinajstić information content (AvgIpc) is 3.08. The van der Waals surface area contributed by atoms with Gasteiger partial charge in [0, 0.05) is 24.2 Å². The summed E-state index contributed by atoms with van der Waals surface area (Å²) in [5, 5.41) is 13.0. The topological polar surface area (TPSA) is 96.2 Å². The summed E-state index contributed by atoms with van der Waals surface area (Å²) < 4.78 is 5.15. The molecular formula is C12H10N2O4. The van der Waals surface area contributed by atoms with Gasteiger partial charge in [0.15, 0.2) is 5.76 Å². The first-order chi connectivity index (χ1) is 8.65. The van der Waals surface area contributed by atoms with Crippen molar-refractivity contribution in [1.82, 2.24) is 10.1 Å². The van der Waals surface area contributed by atoms with Crippen LogP contribution < -0.4 is 5.56 Å². The van der Waals surface area contributed by atoms with E-state index < -0.39 is 11.5 Å². The number of nitrogens with zero attached hydrogens (tertiary/aromatic N) is 1. The number of aromatic amines is 1. The fourth-order valence-corrected chi connectivity index (χ4v) is 1.84. The van der Waals surface area contributed by atoms with Gasteiger partial charge in [-0.25, -0.2) is 4.79 Å². The van der Waals surface area contributed by atoms with E-state index in [2.05, 4.69) is 10.1 Å². The maximum absolute atomic E-state index is 11.1. The molecule has 0 unspecified atom stereocenters. The second-order valence-corrected chi connectivity index (χ2v) is 4.32. The molecule has 6 heteroatoms. The van der Waals surface area contributed by atoms with Crippen molar-refractivity contribution in [1.29, 1.82) is 0 Å². The summed E-state index contributed by atoms with van der Waals surface area (Å²) in [4.78, 5) is 24.7. The fourth-order valence-electron chi connectivity index (χ4n) is 1.84. The minimum atomic E-state index is -1.17. The monoisotopic (exact) mass is 246 g/mol. The van der Waals surface area contributed by atoms with Gasteiger partial charge < -0.3 is 14.6 Å². The van der Waals surface area contributed by atoms with Crippen LogP contribution in [0.15, 0.2) is 27.6 Å². The Kier molecular flexibility index (Phi) is 2.29. The highest BCUT2D eigenvalue weighted by atomic mass is 16.5. The van der Waals surface area contributed by atoms with E-state index in [9.17, 15) is 9.59 Å². The molecule has 1 aliphatic rings. The summed E-state index contributed by atoms with van der Waals surface area (Å²) >= 11 is 0. The second-order valence-electron chi connectivity index (χ2n) is 4.32. The molecule has 2 N–H and O–H groups in total. The molecule has 2 aromatic rings. The van der Waals surface area contributed by atoms with Crippen molar-refractivity contribution in [3.05, 3.63) is 39.9 Å². The highest BCUT2D eigenvalue weighted by Crippen LogP contribution is 2.40. The number of hydrogen-bond donors (Lipinski definition) is 2. The van der Waals surface area contributed by atoms with Crippen molar-refractivity contribution in [3.8, 4) is 11.3 Å². The molecule has 0 radical (unpaired) electrons. The SMILES string of the molecule is O=C(O)c1cc(=O)[nH]cc1-c1cc(C2CC2)no1. The number of H-pyrrole nitrogens is 1. The van der Waals surface area contributed by atoms with Crippen LogP contribution in [0.25, 0.3) is 11.3 Å². The Balaban J connectivity index is 2.09. The number of aromatic carboxylic acids is 1. The summed E-state index contributed by atoms with van der Waals surface area (Å²) in [5.74, 6) is -0.371. The van der Waals surface area contributed by atoms with Crippen LogP contribution in [0.5, 0.6) is 0 Å². The number of nitrogens with one attached hydrogen (secondary N) is 1. The fraction of sp³-hybridized carbons (Fsp3) is 0.250. The Morgan fingerprint density at radius 2 is 2.22 bits per heavy atom. The lowest BCUT2D eigenvalue weighted by Gasteiger charge is -2.00. The molecule has 3 rings (SSSR count). The molecule has 0 bridgehead atoms. The minimum Gasteiger partial charge on any atom is -0.478 e. The van der Waals surface area contributed by atoms with Gasteiger partial charge in [0.25, 0.3) is 0 Å². The van der Waals surface area contributed by atoms with Crippen molar-refractivity contribution in [2.24, 2.45) is 0 Å². The van der Waals surface area contributed by atoms with Crippen LogP contribution >= 0.6 is 0 Å². The molecule has 1 fully saturated rings. The highest BCUT2D eigenvalue weighted by molar-refractivity contribution is 5.94. The molecule has 2 heterocycles. The standard InChI is InChI=1S/C12H10N2O4/c15-11-3-7(12(16)17)8(5-13-11)10-4-9(14-18-10)6-1-2-6/h3-6H,1-2H2,(H,13,15)(H,16,17). The second kappa shape index (κ2) is 3.83. The molecule has 0 spiro atoms. The van der Waals surface area contributed by atoms with Crippen molar-refractivity contribution in [3.63, 3.8) is 0 Å². The van der Waals surface area contributed by atoms with Crippen LogP contribution in [0.1, 0.15) is 34.8 Å². The lowest BCUT2D eigenvalue weighted by Crippen LogP contribution is -2.10. The zero-order chi connectivity index (χ0) is 12.7. The summed E-state index contributed by atoms with van der Waals surface area (Å²) in [6.07, 6.45) is 3.51. The lowest BCUT2D eigenvalue weighted by molar-refractivity contribution is 0.0697. The van der Waals surface area contributed by atoms with Crippen molar-refractivity contribution < 1.29 is 14.4 Å². The first-order valence-electron chi connectivity index (χ1n) is 5.58. The van der Waals surface area contributed by atoms with Crippen LogP contribution in [-0.4, -0.2) is 21.2 Å². The van der Waals surface area contributed by atoms with Gasteiger partial charge >= 0.3 is 5.97 Å². The van der Waals surface area contributed by atoms with Crippen molar-refractivity contribution >= 4 is 5.97 Å². The van der Waals surface area contributed by atoms with Crippen LogP contribution in [0.2, 0.25) is 0 Å². The van der Waals surface area contributed by atoms with Gasteiger partial charge in [-0.2, -0.15) is 0 Å². The third-order valence-electron chi connectivity index (χ3n) is 2.94. The van der Waals surface area contributed by atoms with Crippen LogP contribution in [0, 0.1) is 0 Å².